The molecular formula is C15H31N3. The molecule has 2 aliphatic rings. The van der Waals surface area contributed by atoms with Gasteiger partial charge in [-0.25, -0.2) is 0 Å². The van der Waals surface area contributed by atoms with Gasteiger partial charge >= 0.3 is 0 Å². The Morgan fingerprint density at radius 1 is 1.17 bits per heavy atom. The predicted molar refractivity (Wildman–Crippen MR) is 77.2 cm³/mol. The van der Waals surface area contributed by atoms with Crippen LogP contribution in [0.2, 0.25) is 0 Å². The number of nitrogens with two attached hydrogens (primary N) is 1. The van der Waals surface area contributed by atoms with Gasteiger partial charge in [-0.1, -0.05) is 25.7 Å². The zero-order chi connectivity index (χ0) is 13.0. The second-order valence-electron chi connectivity index (χ2n) is 6.79. The maximum atomic E-state index is 5.83. The minimum atomic E-state index is 0.188. The highest BCUT2D eigenvalue weighted by Crippen LogP contribution is 2.35. The second-order valence-corrected chi connectivity index (χ2v) is 6.79. The average Bonchev–Trinajstić information content (AvgIpc) is 3.16. The van der Waals surface area contributed by atoms with Crippen molar-refractivity contribution in [3.63, 3.8) is 0 Å². The number of nitrogens with one attached hydrogen (secondary N) is 1. The number of rotatable bonds is 6. The molecule has 1 heterocycles. The molecule has 1 saturated carbocycles. The van der Waals surface area contributed by atoms with Crippen molar-refractivity contribution in [2.45, 2.75) is 76.8 Å². The highest BCUT2D eigenvalue weighted by atomic mass is 15.3. The smallest absolute Gasteiger partial charge is 0.0389 e. The van der Waals surface area contributed by atoms with Crippen molar-refractivity contribution >= 4 is 0 Å². The molecule has 0 aromatic carbocycles. The van der Waals surface area contributed by atoms with Gasteiger partial charge in [0, 0.05) is 11.6 Å². The van der Waals surface area contributed by atoms with Gasteiger partial charge in [0.2, 0.25) is 0 Å². The van der Waals surface area contributed by atoms with Crippen molar-refractivity contribution in [2.75, 3.05) is 13.1 Å². The van der Waals surface area contributed by atoms with E-state index in [1.54, 1.807) is 0 Å². The molecule has 106 valence electrons. The third-order valence-electron chi connectivity index (χ3n) is 5.04. The minimum absolute atomic E-state index is 0.188. The number of likely N-dealkylation sites (tertiary alicyclic amines) is 1. The zero-order valence-electron chi connectivity index (χ0n) is 12.3. The van der Waals surface area contributed by atoms with Crippen molar-refractivity contribution in [2.24, 2.45) is 11.8 Å². The summed E-state index contributed by atoms with van der Waals surface area (Å²) in [6.45, 7) is 7.23. The van der Waals surface area contributed by atoms with E-state index in [1.807, 2.05) is 0 Å². The predicted octanol–water partition coefficient (Wildman–Crippen LogP) is 2.66. The van der Waals surface area contributed by atoms with Gasteiger partial charge in [0.25, 0.3) is 0 Å². The lowest BCUT2D eigenvalue weighted by atomic mass is 9.88. The third kappa shape index (κ3) is 3.69. The summed E-state index contributed by atoms with van der Waals surface area (Å²) < 4.78 is 0. The summed E-state index contributed by atoms with van der Waals surface area (Å²) in [6, 6.07) is 0.427. The van der Waals surface area contributed by atoms with Crippen LogP contribution in [0.1, 0.15) is 65.2 Å². The Morgan fingerprint density at radius 2 is 1.78 bits per heavy atom. The Morgan fingerprint density at radius 3 is 2.28 bits per heavy atom. The van der Waals surface area contributed by atoms with Gasteiger partial charge in [0.15, 0.2) is 0 Å². The summed E-state index contributed by atoms with van der Waals surface area (Å²) in [7, 11) is 0. The molecule has 3 nitrogen and oxygen atoms in total. The lowest BCUT2D eigenvalue weighted by Crippen LogP contribution is -2.59. The molecule has 3 N–H and O–H groups in total. The Labute approximate surface area is 112 Å². The fraction of sp³-hybridized carbons (Fsp3) is 1.00. The highest BCUT2D eigenvalue weighted by molar-refractivity contribution is 4.94. The molecule has 1 saturated heterocycles. The summed E-state index contributed by atoms with van der Waals surface area (Å²) >= 11 is 0. The van der Waals surface area contributed by atoms with Crippen LogP contribution in [-0.2, 0) is 0 Å². The van der Waals surface area contributed by atoms with E-state index in [-0.39, 0.29) is 5.54 Å². The lowest BCUT2D eigenvalue weighted by molar-refractivity contribution is 0.0786. The van der Waals surface area contributed by atoms with Crippen LogP contribution in [0.25, 0.3) is 0 Å². The number of hydrogen-bond donors (Lipinski definition) is 2. The monoisotopic (exact) mass is 253 g/mol. The van der Waals surface area contributed by atoms with E-state index in [1.165, 1.54) is 64.5 Å². The number of hydrogen-bond acceptors (Lipinski definition) is 3. The van der Waals surface area contributed by atoms with E-state index >= 15 is 0 Å². The SMILES string of the molecule is CC(C)(C(CCC1CC1)NN)N1CCCCCC1. The molecule has 0 bridgehead atoms. The van der Waals surface area contributed by atoms with Crippen LogP contribution < -0.4 is 11.3 Å². The van der Waals surface area contributed by atoms with Gasteiger partial charge in [-0.15, -0.1) is 0 Å². The van der Waals surface area contributed by atoms with E-state index in [2.05, 4.69) is 24.2 Å². The van der Waals surface area contributed by atoms with Crippen molar-refractivity contribution in [1.82, 2.24) is 10.3 Å². The molecule has 1 unspecified atom stereocenters. The van der Waals surface area contributed by atoms with Crippen molar-refractivity contribution in [3.05, 3.63) is 0 Å². The fourth-order valence-corrected chi connectivity index (χ4v) is 3.32. The topological polar surface area (TPSA) is 41.3 Å². The maximum Gasteiger partial charge on any atom is 0.0389 e. The standard InChI is InChI=1S/C15H31N3/c1-15(2,18-11-5-3-4-6-12-18)14(17-16)10-9-13-7-8-13/h13-14,17H,3-12,16H2,1-2H3. The quantitative estimate of drug-likeness (QED) is 0.565. The fourth-order valence-electron chi connectivity index (χ4n) is 3.32. The zero-order valence-corrected chi connectivity index (χ0v) is 12.3. The molecule has 1 aliphatic heterocycles. The summed E-state index contributed by atoms with van der Waals surface area (Å²) in [5.41, 5.74) is 3.29. The first kappa shape index (κ1) is 14.3. The number of nitrogens with zero attached hydrogens (tertiary/aromatic N) is 1. The second kappa shape index (κ2) is 6.36. The Kier molecular flexibility index (Phi) is 5.05. The van der Waals surface area contributed by atoms with Gasteiger partial charge < -0.3 is 0 Å². The summed E-state index contributed by atoms with van der Waals surface area (Å²) in [6.07, 6.45) is 11.0. The van der Waals surface area contributed by atoms with Gasteiger partial charge in [-0.2, -0.15) is 0 Å². The Balaban J connectivity index is 1.90. The number of hydrazine groups is 1. The molecular weight excluding hydrogens is 222 g/mol. The van der Waals surface area contributed by atoms with Crippen LogP contribution in [0.3, 0.4) is 0 Å². The molecule has 0 aromatic rings. The van der Waals surface area contributed by atoms with E-state index < -0.39 is 0 Å². The first-order valence-corrected chi connectivity index (χ1v) is 7.86. The van der Waals surface area contributed by atoms with Crippen LogP contribution in [-0.4, -0.2) is 29.6 Å². The molecule has 0 aromatic heterocycles. The van der Waals surface area contributed by atoms with Crippen LogP contribution in [0, 0.1) is 5.92 Å². The molecule has 2 fully saturated rings. The van der Waals surface area contributed by atoms with Crippen LogP contribution >= 0.6 is 0 Å². The molecule has 1 aliphatic carbocycles. The first-order valence-electron chi connectivity index (χ1n) is 7.86. The van der Waals surface area contributed by atoms with E-state index in [9.17, 15) is 0 Å². The molecule has 2 rings (SSSR count). The molecule has 0 radical (unpaired) electrons. The minimum Gasteiger partial charge on any atom is -0.297 e. The largest absolute Gasteiger partial charge is 0.297 e. The van der Waals surface area contributed by atoms with E-state index in [4.69, 9.17) is 5.84 Å². The van der Waals surface area contributed by atoms with Gasteiger partial charge in [0.1, 0.15) is 0 Å². The van der Waals surface area contributed by atoms with Gasteiger partial charge in [0.05, 0.1) is 0 Å². The van der Waals surface area contributed by atoms with Gasteiger partial charge in [-0.3, -0.25) is 16.2 Å². The molecule has 0 amide bonds. The molecule has 0 spiro atoms. The summed E-state index contributed by atoms with van der Waals surface area (Å²) in [4.78, 5) is 2.66. The average molecular weight is 253 g/mol. The summed E-state index contributed by atoms with van der Waals surface area (Å²) in [5.74, 6) is 6.84. The highest BCUT2D eigenvalue weighted by Gasteiger charge is 2.35. The normalized spacial score (nSPS) is 24.8. The van der Waals surface area contributed by atoms with Crippen LogP contribution in [0.5, 0.6) is 0 Å². The van der Waals surface area contributed by atoms with E-state index in [0.717, 1.165) is 5.92 Å². The summed E-state index contributed by atoms with van der Waals surface area (Å²) in [5, 5.41) is 0. The van der Waals surface area contributed by atoms with E-state index in [0.29, 0.717) is 6.04 Å². The van der Waals surface area contributed by atoms with Crippen LogP contribution in [0.4, 0.5) is 0 Å². The lowest BCUT2D eigenvalue weighted by Gasteiger charge is -2.43. The first-order chi connectivity index (χ1) is 8.64. The van der Waals surface area contributed by atoms with Crippen LogP contribution in [0.15, 0.2) is 0 Å². The molecule has 3 heteroatoms. The van der Waals surface area contributed by atoms with Crippen molar-refractivity contribution < 1.29 is 0 Å². The Bertz CT molecular complexity index is 240. The third-order valence-corrected chi connectivity index (χ3v) is 5.04. The maximum absolute atomic E-state index is 5.83. The Hall–Kier alpha value is -0.120. The van der Waals surface area contributed by atoms with Gasteiger partial charge in [-0.05, 0) is 58.5 Å². The molecule has 1 atom stereocenters. The van der Waals surface area contributed by atoms with Crippen molar-refractivity contribution in [3.8, 4) is 0 Å². The molecule has 18 heavy (non-hydrogen) atoms. The van der Waals surface area contributed by atoms with Crippen molar-refractivity contribution in [1.29, 1.82) is 0 Å².